The summed E-state index contributed by atoms with van der Waals surface area (Å²) in [6, 6.07) is 3.42. The van der Waals surface area contributed by atoms with Gasteiger partial charge in [-0.1, -0.05) is 6.08 Å². The molecule has 2 aliphatic rings. The summed E-state index contributed by atoms with van der Waals surface area (Å²) in [7, 11) is 0. The molecule has 1 aromatic rings. The predicted molar refractivity (Wildman–Crippen MR) is 75.6 cm³/mol. The lowest BCUT2D eigenvalue weighted by Crippen LogP contribution is -2.38. The Hall–Kier alpha value is -2.30. The Kier molecular flexibility index (Phi) is 3.41. The molecule has 1 amide bonds. The van der Waals surface area contributed by atoms with Crippen molar-refractivity contribution in [2.45, 2.75) is 25.3 Å². The molecule has 0 saturated heterocycles. The monoisotopic (exact) mass is 269 g/mol. The smallest absolute Gasteiger partial charge is 0.240 e. The number of pyridine rings is 1. The van der Waals surface area contributed by atoms with Gasteiger partial charge in [-0.15, -0.1) is 0 Å². The molecular formula is C15H15N3O2. The first-order chi connectivity index (χ1) is 9.75. The number of Topliss-reactive ketones (excluding diaryl/α,β-unsaturated/α-hetero) is 1. The number of anilines is 1. The summed E-state index contributed by atoms with van der Waals surface area (Å²) in [5.41, 5.74) is 1.28. The quantitative estimate of drug-likeness (QED) is 0.832. The average molecular weight is 269 g/mol. The highest BCUT2D eigenvalue weighted by molar-refractivity contribution is 6.23. The molecule has 2 unspecified atom stereocenters. The van der Waals surface area contributed by atoms with Crippen LogP contribution in [0.1, 0.15) is 19.3 Å². The highest BCUT2D eigenvalue weighted by Crippen LogP contribution is 2.27. The van der Waals surface area contributed by atoms with Gasteiger partial charge in [-0.05, 0) is 31.4 Å². The van der Waals surface area contributed by atoms with Gasteiger partial charge in [0.05, 0.1) is 17.9 Å². The number of amides is 1. The summed E-state index contributed by atoms with van der Waals surface area (Å²) in [4.78, 5) is 32.8. The van der Waals surface area contributed by atoms with Crippen molar-refractivity contribution in [1.29, 1.82) is 0 Å². The minimum absolute atomic E-state index is 0.0429. The number of aliphatic imine (C=N–C) groups is 1. The van der Waals surface area contributed by atoms with Crippen LogP contribution in [0.3, 0.4) is 0 Å². The molecule has 5 nitrogen and oxygen atoms in total. The molecule has 5 heteroatoms. The van der Waals surface area contributed by atoms with Crippen molar-refractivity contribution in [3.8, 4) is 0 Å². The number of nitrogens with zero attached hydrogens (tertiary/aromatic N) is 2. The molecule has 2 heterocycles. The molecule has 20 heavy (non-hydrogen) atoms. The zero-order valence-corrected chi connectivity index (χ0v) is 11.0. The van der Waals surface area contributed by atoms with E-state index in [9.17, 15) is 9.59 Å². The van der Waals surface area contributed by atoms with Gasteiger partial charge in [-0.25, -0.2) is 0 Å². The van der Waals surface area contributed by atoms with Crippen LogP contribution in [0.4, 0.5) is 5.69 Å². The number of rotatable bonds is 2. The van der Waals surface area contributed by atoms with Gasteiger partial charge in [-0.3, -0.25) is 19.6 Å². The summed E-state index contributed by atoms with van der Waals surface area (Å²) in [6.07, 6.45) is 9.42. The molecule has 1 N–H and O–H groups in total. The number of ketones is 1. The molecule has 1 aromatic heterocycles. The van der Waals surface area contributed by atoms with Crippen LogP contribution in [0.2, 0.25) is 0 Å². The summed E-state index contributed by atoms with van der Waals surface area (Å²) >= 11 is 0. The van der Waals surface area contributed by atoms with E-state index in [4.69, 9.17) is 0 Å². The van der Waals surface area contributed by atoms with Crippen LogP contribution in [-0.4, -0.2) is 28.9 Å². The predicted octanol–water partition coefficient (Wildman–Crippen LogP) is 1.77. The molecule has 1 aliphatic heterocycles. The Balaban J connectivity index is 1.77. The van der Waals surface area contributed by atoms with Crippen molar-refractivity contribution >= 4 is 23.6 Å². The molecule has 102 valence electrons. The van der Waals surface area contributed by atoms with E-state index in [1.165, 1.54) is 6.21 Å². The topological polar surface area (TPSA) is 71.4 Å². The van der Waals surface area contributed by atoms with Crippen molar-refractivity contribution in [1.82, 2.24) is 4.98 Å². The van der Waals surface area contributed by atoms with Gasteiger partial charge in [0.1, 0.15) is 5.92 Å². The molecular weight excluding hydrogens is 254 g/mol. The number of carbonyl (C=O) groups excluding carboxylic acids is 2. The van der Waals surface area contributed by atoms with Crippen molar-refractivity contribution in [2.24, 2.45) is 10.9 Å². The minimum Gasteiger partial charge on any atom is -0.324 e. The molecule has 0 radical (unpaired) electrons. The highest BCUT2D eigenvalue weighted by atomic mass is 16.2. The van der Waals surface area contributed by atoms with E-state index in [1.54, 1.807) is 24.5 Å². The molecule has 0 bridgehead atoms. The summed E-state index contributed by atoms with van der Waals surface area (Å²) < 4.78 is 0. The molecule has 0 fully saturated rings. The summed E-state index contributed by atoms with van der Waals surface area (Å²) in [5.74, 6) is -1.29. The number of aromatic nitrogens is 1. The first kappa shape index (κ1) is 12.7. The second-order valence-corrected chi connectivity index (χ2v) is 4.98. The number of hydrogen-bond donors (Lipinski definition) is 1. The third-order valence-electron chi connectivity index (χ3n) is 3.60. The highest BCUT2D eigenvalue weighted by Gasteiger charge is 2.35. The Morgan fingerprint density at radius 2 is 2.30 bits per heavy atom. The van der Waals surface area contributed by atoms with Gasteiger partial charge < -0.3 is 5.32 Å². The van der Waals surface area contributed by atoms with E-state index in [2.05, 4.69) is 15.3 Å². The van der Waals surface area contributed by atoms with Gasteiger partial charge in [-0.2, -0.15) is 0 Å². The first-order valence-electron chi connectivity index (χ1n) is 6.74. The zero-order chi connectivity index (χ0) is 13.9. The lowest BCUT2D eigenvalue weighted by Gasteiger charge is -2.26. The van der Waals surface area contributed by atoms with Crippen LogP contribution in [0.15, 0.2) is 41.2 Å². The van der Waals surface area contributed by atoms with Gasteiger partial charge in [0.2, 0.25) is 5.91 Å². The lowest BCUT2D eigenvalue weighted by atomic mass is 9.84. The Morgan fingerprint density at radius 3 is 3.10 bits per heavy atom. The third kappa shape index (κ3) is 2.39. The summed E-state index contributed by atoms with van der Waals surface area (Å²) in [6.45, 7) is 0. The van der Waals surface area contributed by atoms with Gasteiger partial charge in [0.25, 0.3) is 0 Å². The van der Waals surface area contributed by atoms with E-state index in [0.717, 1.165) is 19.3 Å². The van der Waals surface area contributed by atoms with Crippen molar-refractivity contribution in [3.05, 3.63) is 36.2 Å². The fraction of sp³-hybridized carbons (Fsp3) is 0.333. The number of carbonyl (C=O) groups is 2. The Morgan fingerprint density at radius 1 is 1.40 bits per heavy atom. The van der Waals surface area contributed by atoms with E-state index in [1.807, 2.05) is 6.08 Å². The Bertz CT molecular complexity index is 592. The zero-order valence-electron chi connectivity index (χ0n) is 11.0. The van der Waals surface area contributed by atoms with Crippen LogP contribution in [0.5, 0.6) is 0 Å². The van der Waals surface area contributed by atoms with Crippen molar-refractivity contribution in [3.63, 3.8) is 0 Å². The van der Waals surface area contributed by atoms with E-state index in [-0.39, 0.29) is 17.7 Å². The second kappa shape index (κ2) is 5.36. The van der Waals surface area contributed by atoms with Gasteiger partial charge in [0.15, 0.2) is 5.78 Å². The van der Waals surface area contributed by atoms with Crippen LogP contribution in [0, 0.1) is 5.92 Å². The average Bonchev–Trinajstić information content (AvgIpc) is 2.49. The van der Waals surface area contributed by atoms with Crippen LogP contribution < -0.4 is 5.32 Å². The first-order valence-corrected chi connectivity index (χ1v) is 6.74. The molecule has 1 aliphatic carbocycles. The second-order valence-electron chi connectivity index (χ2n) is 4.98. The largest absolute Gasteiger partial charge is 0.324 e. The minimum atomic E-state index is -0.823. The number of nitrogens with one attached hydrogen (secondary N) is 1. The molecule has 0 aromatic carbocycles. The molecule has 2 atom stereocenters. The normalized spacial score (nSPS) is 24.8. The van der Waals surface area contributed by atoms with E-state index >= 15 is 0 Å². The Labute approximate surface area is 116 Å². The van der Waals surface area contributed by atoms with Crippen molar-refractivity contribution in [2.75, 3.05) is 5.32 Å². The van der Waals surface area contributed by atoms with E-state index in [0.29, 0.717) is 11.3 Å². The maximum atomic E-state index is 12.4. The standard InChI is InChI=1S/C15H15N3O2/c19-14-11-5-1-2-6-13(11)17-9-12(14)15(20)18-10-4-3-7-16-8-10/h3-5,7-9,12-13H,1-2,6H2,(H,18,20). The van der Waals surface area contributed by atoms with Gasteiger partial charge >= 0.3 is 0 Å². The maximum Gasteiger partial charge on any atom is 0.240 e. The third-order valence-corrected chi connectivity index (χ3v) is 3.60. The number of hydrogen-bond acceptors (Lipinski definition) is 4. The molecule has 0 spiro atoms. The molecule has 0 saturated carbocycles. The lowest BCUT2D eigenvalue weighted by molar-refractivity contribution is -0.126. The van der Waals surface area contributed by atoms with Crippen LogP contribution in [-0.2, 0) is 9.59 Å². The fourth-order valence-corrected chi connectivity index (χ4v) is 2.56. The fourth-order valence-electron chi connectivity index (χ4n) is 2.56. The number of allylic oxidation sites excluding steroid dienone is 1. The van der Waals surface area contributed by atoms with Crippen molar-refractivity contribution < 1.29 is 9.59 Å². The summed E-state index contributed by atoms with van der Waals surface area (Å²) in [5, 5.41) is 2.70. The van der Waals surface area contributed by atoms with Crippen LogP contribution >= 0.6 is 0 Å². The molecule has 3 rings (SSSR count). The van der Waals surface area contributed by atoms with Gasteiger partial charge in [0, 0.05) is 18.0 Å². The maximum absolute atomic E-state index is 12.4. The van der Waals surface area contributed by atoms with E-state index < -0.39 is 5.92 Å². The SMILES string of the molecule is O=C(Nc1cccnc1)C1C=NC2CCCC=C2C1=O. The van der Waals surface area contributed by atoms with Crippen LogP contribution in [0.25, 0.3) is 0 Å². The number of fused-ring (bicyclic) bond motifs is 1.